The summed E-state index contributed by atoms with van der Waals surface area (Å²) in [6.07, 6.45) is -1.07. The minimum Gasteiger partial charge on any atom is -0.489 e. The van der Waals surface area contributed by atoms with Gasteiger partial charge in [-0.3, -0.25) is 4.79 Å². The fourth-order valence-corrected chi connectivity index (χ4v) is 3.87. The largest absolute Gasteiger partial charge is 0.489 e. The molecule has 1 aliphatic heterocycles. The van der Waals surface area contributed by atoms with E-state index in [1.165, 1.54) is 6.08 Å². The maximum atomic E-state index is 13.1. The number of ether oxygens (including phenoxy) is 3. The molecular weight excluding hydrogens is 375 g/mol. The van der Waals surface area contributed by atoms with Crippen molar-refractivity contribution in [2.45, 2.75) is 50.1 Å². The zero-order valence-corrected chi connectivity index (χ0v) is 15.7. The van der Waals surface area contributed by atoms with Gasteiger partial charge in [0.1, 0.15) is 18.0 Å². The molecule has 2 fully saturated rings. The minimum absolute atomic E-state index is 0.0764. The Balaban J connectivity index is 1.82. The molecule has 5 nitrogen and oxygen atoms in total. The van der Waals surface area contributed by atoms with Gasteiger partial charge in [0, 0.05) is 13.2 Å². The summed E-state index contributed by atoms with van der Waals surface area (Å²) in [5.41, 5.74) is -1.67. The molecule has 1 saturated carbocycles. The van der Waals surface area contributed by atoms with E-state index in [0.29, 0.717) is 19.6 Å². The van der Waals surface area contributed by atoms with Gasteiger partial charge in [-0.25, -0.2) is 0 Å². The zero-order chi connectivity index (χ0) is 20.4. The summed E-state index contributed by atoms with van der Waals surface area (Å²) in [6, 6.07) is 2.55. The molecule has 1 saturated heterocycles. The van der Waals surface area contributed by atoms with E-state index in [2.05, 4.69) is 11.9 Å². The molecule has 1 aromatic carbocycles. The van der Waals surface area contributed by atoms with Crippen molar-refractivity contribution in [1.29, 1.82) is 0 Å². The molecule has 0 unspecified atom stereocenters. The summed E-state index contributed by atoms with van der Waals surface area (Å²) in [5, 5.41) is 2.83. The smallest absolute Gasteiger partial charge is 0.416 e. The van der Waals surface area contributed by atoms with E-state index >= 15 is 0 Å². The van der Waals surface area contributed by atoms with E-state index in [1.54, 1.807) is 0 Å². The van der Waals surface area contributed by atoms with Gasteiger partial charge in [0.15, 0.2) is 0 Å². The molecule has 1 aromatic rings. The Hall–Kier alpha value is -2.06. The number of carbonyl (C=O) groups is 1. The van der Waals surface area contributed by atoms with Crippen LogP contribution in [0.25, 0.3) is 0 Å². The van der Waals surface area contributed by atoms with Crippen LogP contribution in [0.3, 0.4) is 0 Å². The first-order valence-corrected chi connectivity index (χ1v) is 9.33. The van der Waals surface area contributed by atoms with Crippen molar-refractivity contribution in [2.75, 3.05) is 19.8 Å². The number of nitrogens with one attached hydrogen (secondary N) is 1. The first kappa shape index (κ1) is 20.7. The second kappa shape index (κ2) is 8.13. The van der Waals surface area contributed by atoms with Gasteiger partial charge in [0.05, 0.1) is 23.3 Å². The number of rotatable bonds is 7. The third-order valence-corrected chi connectivity index (χ3v) is 5.25. The predicted octanol–water partition coefficient (Wildman–Crippen LogP) is 3.73. The monoisotopic (exact) mass is 399 g/mol. The lowest BCUT2D eigenvalue weighted by molar-refractivity contribution is -0.194. The summed E-state index contributed by atoms with van der Waals surface area (Å²) in [7, 11) is 0. The molecule has 2 aliphatic rings. The highest BCUT2D eigenvalue weighted by molar-refractivity contribution is 5.97. The van der Waals surface area contributed by atoms with Crippen molar-refractivity contribution in [3.05, 3.63) is 42.0 Å². The highest BCUT2D eigenvalue weighted by Crippen LogP contribution is 2.46. The van der Waals surface area contributed by atoms with Crippen molar-refractivity contribution < 1.29 is 32.2 Å². The van der Waals surface area contributed by atoms with Crippen LogP contribution in [0.1, 0.15) is 42.1 Å². The highest BCUT2D eigenvalue weighted by atomic mass is 19.4. The summed E-state index contributed by atoms with van der Waals surface area (Å²) < 4.78 is 56.3. The lowest BCUT2D eigenvalue weighted by Crippen LogP contribution is -2.69. The van der Waals surface area contributed by atoms with Gasteiger partial charge < -0.3 is 19.5 Å². The summed E-state index contributed by atoms with van der Waals surface area (Å²) in [4.78, 5) is 12.8. The quantitative estimate of drug-likeness (QED) is 0.710. The van der Waals surface area contributed by atoms with Crippen LogP contribution in [0.2, 0.25) is 0 Å². The predicted molar refractivity (Wildman–Crippen MR) is 96.3 cm³/mol. The van der Waals surface area contributed by atoms with Crippen LogP contribution in [0.4, 0.5) is 13.2 Å². The third-order valence-electron chi connectivity index (χ3n) is 5.25. The van der Waals surface area contributed by atoms with Gasteiger partial charge in [-0.15, -0.1) is 0 Å². The zero-order valence-electron chi connectivity index (χ0n) is 15.7. The maximum Gasteiger partial charge on any atom is 0.416 e. The number of carbonyl (C=O) groups excluding carboxylic acids is 1. The van der Waals surface area contributed by atoms with Crippen LogP contribution in [-0.2, 0) is 15.7 Å². The molecule has 28 heavy (non-hydrogen) atoms. The van der Waals surface area contributed by atoms with E-state index < -0.39 is 23.2 Å². The molecule has 8 heteroatoms. The molecular formula is C20H24F3NO4. The van der Waals surface area contributed by atoms with Crippen molar-refractivity contribution in [1.82, 2.24) is 5.32 Å². The molecule has 1 amide bonds. The topological polar surface area (TPSA) is 56.8 Å². The normalized spacial score (nSPS) is 26.7. The SMILES string of the molecule is C=CCOc1ccc(C(F)(F)F)cc1C(=O)N[C@@H]1C[C@H](OCC)[C@@]12CCCO2. The fraction of sp³-hybridized carbons (Fsp3) is 0.550. The Labute approximate surface area is 161 Å². The van der Waals surface area contributed by atoms with Crippen LogP contribution in [0.15, 0.2) is 30.9 Å². The number of hydrogen-bond donors (Lipinski definition) is 1. The van der Waals surface area contributed by atoms with Crippen molar-refractivity contribution in [2.24, 2.45) is 0 Å². The molecule has 0 bridgehead atoms. The number of alkyl halides is 3. The Morgan fingerprint density at radius 1 is 1.46 bits per heavy atom. The highest BCUT2D eigenvalue weighted by Gasteiger charge is 2.59. The van der Waals surface area contributed by atoms with Gasteiger partial charge in [-0.05, 0) is 44.4 Å². The summed E-state index contributed by atoms with van der Waals surface area (Å²) in [5.74, 6) is -0.549. The molecule has 154 valence electrons. The van der Waals surface area contributed by atoms with Gasteiger partial charge in [0.25, 0.3) is 5.91 Å². The van der Waals surface area contributed by atoms with E-state index in [-0.39, 0.29) is 30.1 Å². The fourth-order valence-electron chi connectivity index (χ4n) is 3.87. The van der Waals surface area contributed by atoms with E-state index in [0.717, 1.165) is 31.0 Å². The lowest BCUT2D eigenvalue weighted by atomic mass is 9.70. The van der Waals surface area contributed by atoms with Crippen molar-refractivity contribution in [3.63, 3.8) is 0 Å². The first-order chi connectivity index (χ1) is 13.3. The Morgan fingerprint density at radius 3 is 2.86 bits per heavy atom. The molecule has 1 spiro atoms. The van der Waals surface area contributed by atoms with Crippen LogP contribution >= 0.6 is 0 Å². The second-order valence-electron chi connectivity index (χ2n) is 6.92. The van der Waals surface area contributed by atoms with Crippen LogP contribution in [0.5, 0.6) is 5.75 Å². The van der Waals surface area contributed by atoms with Crippen LogP contribution < -0.4 is 10.1 Å². The summed E-state index contributed by atoms with van der Waals surface area (Å²) in [6.45, 7) is 6.59. The van der Waals surface area contributed by atoms with Crippen molar-refractivity contribution in [3.8, 4) is 5.75 Å². The van der Waals surface area contributed by atoms with Gasteiger partial charge in [0.2, 0.25) is 0 Å². The Bertz CT molecular complexity index is 729. The number of halogens is 3. The van der Waals surface area contributed by atoms with Crippen LogP contribution in [-0.4, -0.2) is 43.5 Å². The van der Waals surface area contributed by atoms with E-state index in [4.69, 9.17) is 14.2 Å². The Kier molecular flexibility index (Phi) is 6.00. The average molecular weight is 399 g/mol. The molecule has 1 heterocycles. The number of hydrogen-bond acceptors (Lipinski definition) is 4. The second-order valence-corrected chi connectivity index (χ2v) is 6.92. The van der Waals surface area contributed by atoms with Gasteiger partial charge in [-0.2, -0.15) is 13.2 Å². The standard InChI is InChI=1S/C20H24F3NO4/c1-3-9-27-15-7-6-13(20(21,22)23)11-14(15)18(25)24-16-12-17(26-4-2)19(16)8-5-10-28-19/h3,6-7,11,16-17H,1,4-5,8-10,12H2,2H3,(H,24,25)/t16-,17+,19-/m1/s1. The molecule has 3 rings (SSSR count). The van der Waals surface area contributed by atoms with Gasteiger partial charge >= 0.3 is 6.18 Å². The van der Waals surface area contributed by atoms with Gasteiger partial charge in [-0.1, -0.05) is 12.7 Å². The molecule has 0 aromatic heterocycles. The molecule has 0 radical (unpaired) electrons. The molecule has 1 aliphatic carbocycles. The minimum atomic E-state index is -4.56. The third kappa shape index (κ3) is 3.89. The average Bonchev–Trinajstić information content (AvgIpc) is 3.17. The van der Waals surface area contributed by atoms with Crippen LogP contribution in [0, 0.1) is 0 Å². The lowest BCUT2D eigenvalue weighted by Gasteiger charge is -2.52. The number of amides is 1. The van der Waals surface area contributed by atoms with E-state index in [1.807, 2.05) is 6.92 Å². The molecule has 1 N–H and O–H groups in total. The molecule has 3 atom stereocenters. The summed E-state index contributed by atoms with van der Waals surface area (Å²) >= 11 is 0. The van der Waals surface area contributed by atoms with Crippen molar-refractivity contribution >= 4 is 5.91 Å². The maximum absolute atomic E-state index is 13.1. The Morgan fingerprint density at radius 2 is 2.25 bits per heavy atom. The first-order valence-electron chi connectivity index (χ1n) is 9.33. The van der Waals surface area contributed by atoms with E-state index in [9.17, 15) is 18.0 Å². The number of benzene rings is 1.